The zero-order chi connectivity index (χ0) is 19.2. The Kier molecular flexibility index (Phi) is 8.75. The normalized spacial score (nSPS) is 18.1. The lowest BCUT2D eigenvalue weighted by Gasteiger charge is -2.22. The van der Waals surface area contributed by atoms with Crippen LogP contribution in [0.1, 0.15) is 36.1 Å². The predicted molar refractivity (Wildman–Crippen MR) is 124 cm³/mol. The smallest absolute Gasteiger partial charge is 0.194 e. The monoisotopic (exact) mass is 497 g/mol. The molecule has 1 aliphatic heterocycles. The van der Waals surface area contributed by atoms with Crippen LogP contribution in [-0.2, 0) is 13.5 Å². The SMILES string of the molecule is CCNC(=NCC(O)c1ccc(C)cc1)N1CCC(Cc2cnn(C)c2)C1.I. The van der Waals surface area contributed by atoms with Crippen LogP contribution < -0.4 is 5.32 Å². The second-order valence-corrected chi connectivity index (χ2v) is 7.45. The molecule has 2 aromatic rings. The molecule has 28 heavy (non-hydrogen) atoms. The number of nitrogens with one attached hydrogen (secondary N) is 1. The lowest BCUT2D eigenvalue weighted by molar-refractivity contribution is 0.186. The van der Waals surface area contributed by atoms with Crippen molar-refractivity contribution in [3.05, 3.63) is 53.3 Å². The number of guanidine groups is 1. The molecule has 0 aliphatic carbocycles. The molecule has 2 N–H and O–H groups in total. The standard InChI is InChI=1S/C21H31N5O.HI/c1-4-22-21(23-13-20(27)19-7-5-16(2)6-8-19)26-10-9-17(15-26)11-18-12-24-25(3)14-18;/h5-8,12,14,17,20,27H,4,9-11,13,15H2,1-3H3,(H,22,23);1H. The lowest BCUT2D eigenvalue weighted by Crippen LogP contribution is -2.40. The first-order valence-electron chi connectivity index (χ1n) is 9.80. The Hall–Kier alpha value is -1.61. The zero-order valence-corrected chi connectivity index (χ0v) is 19.3. The van der Waals surface area contributed by atoms with E-state index in [1.54, 1.807) is 0 Å². The molecule has 1 fully saturated rings. The number of benzene rings is 1. The van der Waals surface area contributed by atoms with Crippen LogP contribution in [0.3, 0.4) is 0 Å². The summed E-state index contributed by atoms with van der Waals surface area (Å²) in [5, 5.41) is 18.1. The van der Waals surface area contributed by atoms with Gasteiger partial charge < -0.3 is 15.3 Å². The van der Waals surface area contributed by atoms with Crippen LogP contribution in [0.5, 0.6) is 0 Å². The molecule has 2 unspecified atom stereocenters. The van der Waals surface area contributed by atoms with Crippen LogP contribution in [0.2, 0.25) is 0 Å². The summed E-state index contributed by atoms with van der Waals surface area (Å²) in [5.41, 5.74) is 3.40. The van der Waals surface area contributed by atoms with E-state index in [-0.39, 0.29) is 24.0 Å². The summed E-state index contributed by atoms with van der Waals surface area (Å²) in [6, 6.07) is 8.00. The maximum atomic E-state index is 10.5. The second-order valence-electron chi connectivity index (χ2n) is 7.45. The number of hydrogen-bond acceptors (Lipinski definition) is 3. The van der Waals surface area contributed by atoms with Crippen LogP contribution in [-0.4, -0.2) is 51.9 Å². The van der Waals surface area contributed by atoms with E-state index in [0.717, 1.165) is 44.0 Å². The molecular weight excluding hydrogens is 465 g/mol. The van der Waals surface area contributed by atoms with Crippen molar-refractivity contribution in [2.45, 2.75) is 32.8 Å². The van der Waals surface area contributed by atoms with Gasteiger partial charge in [-0.2, -0.15) is 5.10 Å². The molecule has 2 atom stereocenters. The molecule has 1 saturated heterocycles. The minimum atomic E-state index is -0.576. The Morgan fingerprint density at radius 2 is 2.11 bits per heavy atom. The van der Waals surface area contributed by atoms with Gasteiger partial charge >= 0.3 is 0 Å². The van der Waals surface area contributed by atoms with Crippen molar-refractivity contribution < 1.29 is 5.11 Å². The van der Waals surface area contributed by atoms with E-state index in [0.29, 0.717) is 12.5 Å². The fourth-order valence-electron chi connectivity index (χ4n) is 3.60. The maximum absolute atomic E-state index is 10.5. The van der Waals surface area contributed by atoms with Gasteiger partial charge in [0.15, 0.2) is 5.96 Å². The van der Waals surface area contributed by atoms with Crippen LogP contribution in [0.4, 0.5) is 0 Å². The fraction of sp³-hybridized carbons (Fsp3) is 0.524. The van der Waals surface area contributed by atoms with E-state index in [2.05, 4.69) is 28.4 Å². The highest BCUT2D eigenvalue weighted by Crippen LogP contribution is 2.21. The summed E-state index contributed by atoms with van der Waals surface area (Å²) >= 11 is 0. The summed E-state index contributed by atoms with van der Waals surface area (Å²) in [6.45, 7) is 7.30. The van der Waals surface area contributed by atoms with Gasteiger partial charge in [-0.15, -0.1) is 24.0 Å². The molecule has 1 aromatic carbocycles. The summed E-state index contributed by atoms with van der Waals surface area (Å²) in [4.78, 5) is 7.02. The Balaban J connectivity index is 0.00000280. The summed E-state index contributed by atoms with van der Waals surface area (Å²) in [7, 11) is 1.96. The molecular formula is C21H32IN5O. The molecule has 0 spiro atoms. The number of aliphatic hydroxyl groups excluding tert-OH is 1. The van der Waals surface area contributed by atoms with Crippen LogP contribution in [0, 0.1) is 12.8 Å². The summed E-state index contributed by atoms with van der Waals surface area (Å²) in [6.07, 6.45) is 5.68. The van der Waals surface area contributed by atoms with Crippen LogP contribution >= 0.6 is 24.0 Å². The minimum absolute atomic E-state index is 0. The average molecular weight is 497 g/mol. The molecule has 6 nitrogen and oxygen atoms in total. The van der Waals surface area contributed by atoms with E-state index in [4.69, 9.17) is 4.99 Å². The molecule has 1 aromatic heterocycles. The third kappa shape index (κ3) is 6.20. The van der Waals surface area contributed by atoms with Gasteiger partial charge in [0.1, 0.15) is 0 Å². The first-order valence-corrected chi connectivity index (χ1v) is 9.80. The van der Waals surface area contributed by atoms with Gasteiger partial charge in [0.05, 0.1) is 18.8 Å². The van der Waals surface area contributed by atoms with E-state index >= 15 is 0 Å². The molecule has 7 heteroatoms. The molecule has 1 aliphatic rings. The van der Waals surface area contributed by atoms with Crippen molar-refractivity contribution in [1.82, 2.24) is 20.0 Å². The molecule has 154 valence electrons. The third-order valence-corrected chi connectivity index (χ3v) is 5.08. The minimum Gasteiger partial charge on any atom is -0.386 e. The van der Waals surface area contributed by atoms with E-state index in [1.165, 1.54) is 11.1 Å². The quantitative estimate of drug-likeness (QED) is 0.366. The number of nitrogens with zero attached hydrogens (tertiary/aromatic N) is 4. The molecule has 0 radical (unpaired) electrons. The highest BCUT2D eigenvalue weighted by molar-refractivity contribution is 14.0. The van der Waals surface area contributed by atoms with Crippen molar-refractivity contribution in [3.8, 4) is 0 Å². The van der Waals surface area contributed by atoms with Crippen molar-refractivity contribution >= 4 is 29.9 Å². The van der Waals surface area contributed by atoms with E-state index < -0.39 is 6.10 Å². The first-order chi connectivity index (χ1) is 13.0. The van der Waals surface area contributed by atoms with Crippen LogP contribution in [0.25, 0.3) is 0 Å². The molecule has 0 bridgehead atoms. The average Bonchev–Trinajstić information content (AvgIpc) is 3.28. The van der Waals surface area contributed by atoms with E-state index in [1.807, 2.05) is 49.1 Å². The van der Waals surface area contributed by atoms with Crippen molar-refractivity contribution in [1.29, 1.82) is 0 Å². The lowest BCUT2D eigenvalue weighted by atomic mass is 10.0. The number of aryl methyl sites for hydroxylation is 2. The molecule has 2 heterocycles. The number of hydrogen-bond donors (Lipinski definition) is 2. The number of halogens is 1. The summed E-state index contributed by atoms with van der Waals surface area (Å²) < 4.78 is 1.86. The number of aliphatic hydroxyl groups is 1. The second kappa shape index (κ2) is 10.8. The zero-order valence-electron chi connectivity index (χ0n) is 17.0. The largest absolute Gasteiger partial charge is 0.386 e. The first kappa shape index (κ1) is 22.7. The molecule has 0 amide bonds. The fourth-order valence-corrected chi connectivity index (χ4v) is 3.60. The Morgan fingerprint density at radius 1 is 1.36 bits per heavy atom. The van der Waals surface area contributed by atoms with Crippen LogP contribution in [0.15, 0.2) is 41.7 Å². The van der Waals surface area contributed by atoms with Gasteiger partial charge in [0.25, 0.3) is 0 Å². The third-order valence-electron chi connectivity index (χ3n) is 5.08. The predicted octanol–water partition coefficient (Wildman–Crippen LogP) is 2.91. The Labute approximate surface area is 185 Å². The highest BCUT2D eigenvalue weighted by atomic mass is 127. The number of aromatic nitrogens is 2. The van der Waals surface area contributed by atoms with Gasteiger partial charge in [0.2, 0.25) is 0 Å². The van der Waals surface area contributed by atoms with Gasteiger partial charge in [-0.3, -0.25) is 9.67 Å². The number of rotatable bonds is 6. The van der Waals surface area contributed by atoms with E-state index in [9.17, 15) is 5.11 Å². The number of aliphatic imine (C=N–C) groups is 1. The van der Waals surface area contributed by atoms with Gasteiger partial charge in [-0.05, 0) is 43.7 Å². The van der Waals surface area contributed by atoms with Crippen molar-refractivity contribution in [2.75, 3.05) is 26.2 Å². The Morgan fingerprint density at radius 3 is 2.75 bits per heavy atom. The maximum Gasteiger partial charge on any atom is 0.194 e. The van der Waals surface area contributed by atoms with Gasteiger partial charge in [-0.25, -0.2) is 0 Å². The van der Waals surface area contributed by atoms with Crippen molar-refractivity contribution in [2.24, 2.45) is 18.0 Å². The molecule has 3 rings (SSSR count). The summed E-state index contributed by atoms with van der Waals surface area (Å²) in [5.74, 6) is 1.51. The highest BCUT2D eigenvalue weighted by Gasteiger charge is 2.25. The Bertz CT molecular complexity index is 758. The topological polar surface area (TPSA) is 65.7 Å². The van der Waals surface area contributed by atoms with Gasteiger partial charge in [-0.1, -0.05) is 29.8 Å². The van der Waals surface area contributed by atoms with Crippen molar-refractivity contribution in [3.63, 3.8) is 0 Å². The molecule has 0 saturated carbocycles. The number of likely N-dealkylation sites (tertiary alicyclic amines) is 1. The van der Waals surface area contributed by atoms with Gasteiger partial charge in [0, 0.05) is 32.9 Å².